The van der Waals surface area contributed by atoms with E-state index in [4.69, 9.17) is 4.74 Å². The van der Waals surface area contributed by atoms with E-state index in [1.807, 2.05) is 0 Å². The summed E-state index contributed by atoms with van der Waals surface area (Å²) in [6.45, 7) is 4.99. The summed E-state index contributed by atoms with van der Waals surface area (Å²) in [4.78, 5) is 14.5. The van der Waals surface area contributed by atoms with E-state index >= 15 is 0 Å². The number of benzene rings is 2. The van der Waals surface area contributed by atoms with Crippen molar-refractivity contribution in [2.45, 2.75) is 73.3 Å². The lowest BCUT2D eigenvalue weighted by atomic mass is 9.85. The maximum Gasteiger partial charge on any atom is 0.416 e. The third kappa shape index (κ3) is 5.96. The molecule has 0 atom stereocenters. The van der Waals surface area contributed by atoms with Gasteiger partial charge in [-0.1, -0.05) is 6.07 Å². The Bertz CT molecular complexity index is 1490. The second-order valence-corrected chi connectivity index (χ2v) is 15.4. The van der Waals surface area contributed by atoms with Gasteiger partial charge >= 0.3 is 6.18 Å². The first-order valence-corrected chi connectivity index (χ1v) is 16.0. The van der Waals surface area contributed by atoms with Crippen LogP contribution in [-0.2, 0) is 25.9 Å². The van der Waals surface area contributed by atoms with Crippen molar-refractivity contribution in [2.24, 2.45) is 5.92 Å². The summed E-state index contributed by atoms with van der Waals surface area (Å²) in [5, 5.41) is 0. The van der Waals surface area contributed by atoms with Crippen LogP contribution in [0.4, 0.5) is 13.2 Å². The quantitative estimate of drug-likeness (QED) is 0.449. The number of nitrogens with zero attached hydrogens (tertiary/aromatic N) is 1. The smallest absolute Gasteiger partial charge is 0.416 e. The topological polar surface area (TPSA) is 97.8 Å². The largest absolute Gasteiger partial charge is 0.490 e. The average Bonchev–Trinajstić information content (AvgIpc) is 3.66. The highest BCUT2D eigenvalue weighted by atomic mass is 32.2. The van der Waals surface area contributed by atoms with E-state index in [1.165, 1.54) is 24.8 Å². The second kappa shape index (κ2) is 10.1. The van der Waals surface area contributed by atoms with Gasteiger partial charge in [0, 0.05) is 19.3 Å². The van der Waals surface area contributed by atoms with Gasteiger partial charge in [-0.3, -0.25) is 4.79 Å². The number of sulfone groups is 2. The number of aryl methyl sites for hydroxylation is 1. The molecule has 2 fully saturated rings. The number of hydrogen-bond acceptors (Lipinski definition) is 6. The van der Waals surface area contributed by atoms with Crippen molar-refractivity contribution in [2.75, 3.05) is 19.3 Å². The first-order chi connectivity index (χ1) is 17.9. The average molecular weight is 588 g/mol. The molecule has 2 aromatic carbocycles. The van der Waals surface area contributed by atoms with Gasteiger partial charge in [0.05, 0.1) is 31.8 Å². The maximum absolute atomic E-state index is 13.5. The molecule has 12 heteroatoms. The van der Waals surface area contributed by atoms with Crippen molar-refractivity contribution in [3.8, 4) is 5.75 Å². The molecule has 4 rings (SSSR count). The molecule has 1 aliphatic carbocycles. The summed E-state index contributed by atoms with van der Waals surface area (Å²) in [5.74, 6) is -0.513. The number of hydrogen-bond donors (Lipinski definition) is 0. The van der Waals surface area contributed by atoms with Crippen LogP contribution in [0.2, 0.25) is 0 Å². The van der Waals surface area contributed by atoms with Crippen molar-refractivity contribution < 1.29 is 39.5 Å². The van der Waals surface area contributed by atoms with Gasteiger partial charge in [0.2, 0.25) is 0 Å². The van der Waals surface area contributed by atoms with Crippen LogP contribution in [0, 0.1) is 12.8 Å². The molecule has 1 heterocycles. The number of rotatable bonds is 7. The molecule has 39 heavy (non-hydrogen) atoms. The van der Waals surface area contributed by atoms with Crippen molar-refractivity contribution in [1.82, 2.24) is 4.90 Å². The number of carbonyl (C=O) groups excluding carboxylic acids is 1. The summed E-state index contributed by atoms with van der Waals surface area (Å²) in [7, 11) is -7.91. The summed E-state index contributed by atoms with van der Waals surface area (Å²) in [6, 6.07) is 6.76. The SMILES string of the molecule is Cc1cc(OC2CC2)cc(S(C)(=O)=O)c1C(=O)N1CCC(C(C)(C)S(=O)(=O)c2cccc(C(F)(F)F)c2)CC1. The van der Waals surface area contributed by atoms with Crippen LogP contribution in [0.15, 0.2) is 46.2 Å². The monoisotopic (exact) mass is 587 g/mol. The Balaban J connectivity index is 1.54. The predicted octanol–water partition coefficient (Wildman–Crippen LogP) is 5.06. The first kappa shape index (κ1) is 29.4. The zero-order valence-electron chi connectivity index (χ0n) is 22.2. The van der Waals surface area contributed by atoms with Gasteiger partial charge in [0.25, 0.3) is 5.91 Å². The molecule has 1 aliphatic heterocycles. The molecular weight excluding hydrogens is 555 g/mol. The number of ether oxygens (including phenoxy) is 1. The van der Waals surface area contributed by atoms with Crippen molar-refractivity contribution in [3.05, 3.63) is 53.1 Å². The summed E-state index contributed by atoms with van der Waals surface area (Å²) >= 11 is 0. The minimum absolute atomic E-state index is 0.0490. The van der Waals surface area contributed by atoms with E-state index in [1.54, 1.807) is 13.0 Å². The molecule has 0 spiro atoms. The molecule has 0 N–H and O–H groups in total. The minimum Gasteiger partial charge on any atom is -0.490 e. The fourth-order valence-corrected chi connectivity index (χ4v) is 7.81. The molecule has 2 aromatic rings. The molecule has 1 saturated carbocycles. The third-order valence-corrected chi connectivity index (χ3v) is 11.4. The molecule has 1 amide bonds. The molecule has 7 nitrogen and oxygen atoms in total. The van der Waals surface area contributed by atoms with Crippen LogP contribution in [0.3, 0.4) is 0 Å². The number of carbonyl (C=O) groups is 1. The normalized spacial score (nSPS) is 17.8. The highest BCUT2D eigenvalue weighted by molar-refractivity contribution is 7.92. The Morgan fingerprint density at radius 2 is 1.59 bits per heavy atom. The van der Waals surface area contributed by atoms with Crippen molar-refractivity contribution in [3.63, 3.8) is 0 Å². The van der Waals surface area contributed by atoms with Gasteiger partial charge in [0.1, 0.15) is 5.75 Å². The Morgan fingerprint density at radius 1 is 0.974 bits per heavy atom. The molecule has 214 valence electrons. The Labute approximate surface area is 227 Å². The molecule has 1 saturated heterocycles. The summed E-state index contributed by atoms with van der Waals surface area (Å²) < 4.78 is 96.1. The highest BCUT2D eigenvalue weighted by Gasteiger charge is 2.45. The summed E-state index contributed by atoms with van der Waals surface area (Å²) in [5.41, 5.74) is -0.506. The van der Waals surface area contributed by atoms with E-state index in [2.05, 4.69) is 0 Å². The Morgan fingerprint density at radius 3 is 2.13 bits per heavy atom. The molecule has 0 aromatic heterocycles. The van der Waals surface area contributed by atoms with E-state index in [-0.39, 0.29) is 42.5 Å². The lowest BCUT2D eigenvalue weighted by molar-refractivity contribution is -0.137. The molecular formula is C27H32F3NO6S2. The minimum atomic E-state index is -4.67. The van der Waals surface area contributed by atoms with Crippen LogP contribution in [0.1, 0.15) is 61.0 Å². The van der Waals surface area contributed by atoms with E-state index in [9.17, 15) is 34.8 Å². The highest BCUT2D eigenvalue weighted by Crippen LogP contribution is 2.40. The fraction of sp³-hybridized carbons (Fsp3) is 0.519. The van der Waals surface area contributed by atoms with Crippen molar-refractivity contribution >= 4 is 25.6 Å². The number of halogens is 3. The van der Waals surface area contributed by atoms with Gasteiger partial charge in [-0.2, -0.15) is 13.2 Å². The van der Waals surface area contributed by atoms with Crippen LogP contribution >= 0.6 is 0 Å². The van der Waals surface area contributed by atoms with E-state index in [0.29, 0.717) is 17.4 Å². The molecule has 0 bridgehead atoms. The number of alkyl halides is 3. The van der Waals surface area contributed by atoms with Gasteiger partial charge in [-0.15, -0.1) is 0 Å². The van der Waals surface area contributed by atoms with Crippen LogP contribution < -0.4 is 4.74 Å². The van der Waals surface area contributed by atoms with Crippen LogP contribution in [0.5, 0.6) is 5.75 Å². The van der Waals surface area contributed by atoms with Gasteiger partial charge in [-0.25, -0.2) is 16.8 Å². The predicted molar refractivity (Wildman–Crippen MR) is 139 cm³/mol. The van der Waals surface area contributed by atoms with Crippen molar-refractivity contribution in [1.29, 1.82) is 0 Å². The Kier molecular flexibility index (Phi) is 7.61. The van der Waals surface area contributed by atoms with Gasteiger partial charge in [0.15, 0.2) is 19.7 Å². The van der Waals surface area contributed by atoms with Crippen LogP contribution in [0.25, 0.3) is 0 Å². The number of piperidine rings is 1. The number of likely N-dealkylation sites (tertiary alicyclic amines) is 1. The van der Waals surface area contributed by atoms with E-state index in [0.717, 1.165) is 37.3 Å². The molecule has 0 unspecified atom stereocenters. The summed E-state index contributed by atoms with van der Waals surface area (Å²) in [6.07, 6.45) is -1.24. The van der Waals surface area contributed by atoms with Gasteiger partial charge < -0.3 is 9.64 Å². The van der Waals surface area contributed by atoms with E-state index < -0.39 is 52.9 Å². The van der Waals surface area contributed by atoms with Gasteiger partial charge in [-0.05, 0) is 88.3 Å². The lowest BCUT2D eigenvalue weighted by Crippen LogP contribution is -2.48. The third-order valence-electron chi connectivity index (χ3n) is 7.64. The lowest BCUT2D eigenvalue weighted by Gasteiger charge is -2.40. The Hall–Kier alpha value is -2.60. The maximum atomic E-state index is 13.5. The fourth-order valence-electron chi connectivity index (χ4n) is 5.03. The molecule has 2 aliphatic rings. The zero-order valence-corrected chi connectivity index (χ0v) is 23.8. The zero-order chi connectivity index (χ0) is 29.0. The second-order valence-electron chi connectivity index (χ2n) is 10.9. The molecule has 0 radical (unpaired) electrons. The van der Waals surface area contributed by atoms with Crippen LogP contribution in [-0.4, -0.2) is 57.8 Å². The first-order valence-electron chi connectivity index (χ1n) is 12.7. The number of amides is 1. The standard InChI is InChI=1S/C27H32F3NO6S2/c1-17-14-21(37-20-8-9-20)16-23(38(4,33)34)24(17)25(32)31-12-10-18(11-13-31)26(2,3)39(35,36)22-7-5-6-19(15-22)27(28,29)30/h5-7,14-16,18,20H,8-13H2,1-4H3.